The van der Waals surface area contributed by atoms with E-state index < -0.39 is 44.9 Å². The van der Waals surface area contributed by atoms with E-state index in [4.69, 9.17) is 23.5 Å². The number of carbonyl (C=O) groups excluding carboxylic acids is 4. The van der Waals surface area contributed by atoms with Crippen LogP contribution in [0.4, 0.5) is 8.78 Å². The number of alkyl halides is 2. The molecule has 0 bridgehead atoms. The number of carbonyl (C=O) groups is 4. The Labute approximate surface area is 275 Å². The minimum atomic E-state index is -5.77. The van der Waals surface area contributed by atoms with Crippen molar-refractivity contribution in [2.45, 2.75) is 136 Å². The molecule has 0 aromatic carbocycles. The van der Waals surface area contributed by atoms with Crippen LogP contribution in [0.1, 0.15) is 106 Å². The van der Waals surface area contributed by atoms with E-state index in [2.05, 4.69) is 13.8 Å². The molecule has 268 valence electrons. The van der Waals surface area contributed by atoms with Gasteiger partial charge in [0.1, 0.15) is 18.3 Å². The first-order valence-electron chi connectivity index (χ1n) is 16.7. The first-order valence-corrected chi connectivity index (χ1v) is 18.1. The number of ether oxygens (including phenoxy) is 4. The second-order valence-electron chi connectivity index (χ2n) is 15.0. The summed E-state index contributed by atoms with van der Waals surface area (Å²) in [6.45, 7) is 11.2. The van der Waals surface area contributed by atoms with Crippen molar-refractivity contribution in [3.05, 3.63) is 0 Å². The van der Waals surface area contributed by atoms with Gasteiger partial charge in [0.15, 0.2) is 6.10 Å². The molecule has 0 aromatic rings. The van der Waals surface area contributed by atoms with E-state index >= 15 is 0 Å². The molecule has 4 fully saturated rings. The number of halogens is 2. The molecule has 0 aromatic heterocycles. The number of hydrogen-bond donors (Lipinski definition) is 1. The quantitative estimate of drug-likeness (QED) is 0.175. The van der Waals surface area contributed by atoms with Gasteiger partial charge in [-0.15, -0.1) is 0 Å². The van der Waals surface area contributed by atoms with E-state index in [-0.39, 0.29) is 77.9 Å². The van der Waals surface area contributed by atoms with Gasteiger partial charge in [0.25, 0.3) is 0 Å². The molecule has 0 aliphatic heterocycles. The van der Waals surface area contributed by atoms with Crippen molar-refractivity contribution < 1.29 is 59.9 Å². The van der Waals surface area contributed by atoms with E-state index in [9.17, 15) is 36.4 Å². The summed E-state index contributed by atoms with van der Waals surface area (Å²) in [4.78, 5) is 49.3. The summed E-state index contributed by atoms with van der Waals surface area (Å²) in [6.07, 6.45) is 1.52. The number of esters is 4. The fraction of sp³-hybridized carbons (Fsp3) is 0.879. The van der Waals surface area contributed by atoms with Crippen molar-refractivity contribution in [1.29, 1.82) is 0 Å². The molecule has 4 saturated carbocycles. The van der Waals surface area contributed by atoms with Crippen LogP contribution < -0.4 is 0 Å². The van der Waals surface area contributed by atoms with Crippen molar-refractivity contribution in [3.63, 3.8) is 0 Å². The molecule has 12 atom stereocenters. The molecule has 4 rings (SSSR count). The summed E-state index contributed by atoms with van der Waals surface area (Å²) < 4.78 is 81.4. The summed E-state index contributed by atoms with van der Waals surface area (Å²) in [7, 11) is -5.77. The summed E-state index contributed by atoms with van der Waals surface area (Å²) in [6, 6.07) is 0. The Morgan fingerprint density at radius 1 is 0.894 bits per heavy atom. The molecule has 0 saturated heterocycles. The molecule has 1 N–H and O–H groups in total. The van der Waals surface area contributed by atoms with Crippen LogP contribution in [0.3, 0.4) is 0 Å². The largest absolute Gasteiger partial charge is 0.463 e. The maximum Gasteiger partial charge on any atom is 0.405 e. The van der Waals surface area contributed by atoms with Crippen molar-refractivity contribution >= 4 is 34.0 Å². The molecule has 0 heterocycles. The highest BCUT2D eigenvalue weighted by atomic mass is 32.2. The van der Waals surface area contributed by atoms with Crippen molar-refractivity contribution in [1.82, 2.24) is 0 Å². The first-order chi connectivity index (χ1) is 21.6. The third kappa shape index (κ3) is 7.19. The summed E-state index contributed by atoms with van der Waals surface area (Å²) in [5, 5.41) is -4.65. The zero-order chi connectivity index (χ0) is 35.3. The Hall–Kier alpha value is -2.35. The van der Waals surface area contributed by atoms with Crippen LogP contribution in [0, 0.1) is 46.3 Å². The molecule has 0 amide bonds. The van der Waals surface area contributed by atoms with Gasteiger partial charge in [0.05, 0.1) is 0 Å². The molecule has 0 radical (unpaired) electrons. The van der Waals surface area contributed by atoms with E-state index in [0.29, 0.717) is 26.2 Å². The average Bonchev–Trinajstić information content (AvgIpc) is 3.29. The van der Waals surface area contributed by atoms with Crippen molar-refractivity contribution in [3.8, 4) is 0 Å². The average molecular weight is 693 g/mol. The molecule has 3 unspecified atom stereocenters. The van der Waals surface area contributed by atoms with Crippen LogP contribution in [0.25, 0.3) is 0 Å². The highest BCUT2D eigenvalue weighted by Crippen LogP contribution is 2.69. The molecule has 4 aliphatic rings. The van der Waals surface area contributed by atoms with Crippen LogP contribution in [0.5, 0.6) is 0 Å². The Bertz CT molecular complexity index is 1340. The standard InChI is InChI=1S/C33H50F2O11S/c1-17(8-11-29(39)43-18(2)33(34,35)47(40,41)42)24-9-10-25-30-26(16-28(32(24,25)7)46-21(5)38)31(6)13-12-23(44-19(3)36)14-22(31)15-27(30)45-20(4)37/h17-18,22-28,30H,8-16H2,1-7H3,(H,40,41,42)/t17?,18?,22-,23+,24?,25-,26-,27+,28-,30-,31-,32+/m0/s1. The maximum atomic E-state index is 14.0. The van der Waals surface area contributed by atoms with Gasteiger partial charge in [-0.2, -0.15) is 17.2 Å². The second kappa shape index (κ2) is 13.5. The van der Waals surface area contributed by atoms with Gasteiger partial charge in [-0.3, -0.25) is 23.7 Å². The van der Waals surface area contributed by atoms with Gasteiger partial charge in [-0.05, 0) is 93.3 Å². The third-order valence-corrected chi connectivity index (χ3v) is 13.3. The lowest BCUT2D eigenvalue weighted by atomic mass is 9.43. The first kappa shape index (κ1) is 37.5. The maximum absolute atomic E-state index is 14.0. The van der Waals surface area contributed by atoms with Gasteiger partial charge in [-0.25, -0.2) is 0 Å². The van der Waals surface area contributed by atoms with Gasteiger partial charge in [0, 0.05) is 38.5 Å². The summed E-state index contributed by atoms with van der Waals surface area (Å²) in [5.41, 5.74) is -0.704. The monoisotopic (exact) mass is 692 g/mol. The molecule has 14 heteroatoms. The van der Waals surface area contributed by atoms with E-state index in [1.807, 2.05) is 6.92 Å². The minimum Gasteiger partial charge on any atom is -0.463 e. The van der Waals surface area contributed by atoms with Crippen LogP contribution in [-0.2, 0) is 48.2 Å². The summed E-state index contributed by atoms with van der Waals surface area (Å²) >= 11 is 0. The number of hydrogen-bond acceptors (Lipinski definition) is 10. The predicted octanol–water partition coefficient (Wildman–Crippen LogP) is 5.49. The van der Waals surface area contributed by atoms with Gasteiger partial charge < -0.3 is 18.9 Å². The topological polar surface area (TPSA) is 160 Å². The minimum absolute atomic E-state index is 0.00656. The van der Waals surface area contributed by atoms with E-state index in [1.165, 1.54) is 20.8 Å². The molecule has 47 heavy (non-hydrogen) atoms. The Kier molecular flexibility index (Phi) is 10.8. The molecular weight excluding hydrogens is 642 g/mol. The van der Waals surface area contributed by atoms with Gasteiger partial charge in [0.2, 0.25) is 0 Å². The van der Waals surface area contributed by atoms with E-state index in [1.54, 1.807) is 0 Å². The molecule has 4 aliphatic carbocycles. The van der Waals surface area contributed by atoms with Crippen LogP contribution >= 0.6 is 0 Å². The SMILES string of the molecule is CC(=O)O[C@@H]1CC[C@@]2(C)[C@@H](C1)C[C@@H](OC(C)=O)[C@@H]1[C@@H]2C[C@H](OC(C)=O)[C@]2(C)C(C(C)CCC(=O)OC(C)C(F)(F)S(=O)(=O)O)CC[C@@H]12. The lowest BCUT2D eigenvalue weighted by Gasteiger charge is -2.64. The fourth-order valence-corrected chi connectivity index (χ4v) is 10.7. The highest BCUT2D eigenvalue weighted by Gasteiger charge is 2.67. The number of rotatable bonds is 10. The third-order valence-electron chi connectivity index (χ3n) is 12.3. The Balaban J connectivity index is 1.59. The lowest BCUT2D eigenvalue weighted by Crippen LogP contribution is -2.63. The normalized spacial score (nSPS) is 38.1. The zero-order valence-corrected chi connectivity index (χ0v) is 29.1. The van der Waals surface area contributed by atoms with Crippen molar-refractivity contribution in [2.75, 3.05) is 0 Å². The molecule has 0 spiro atoms. The zero-order valence-electron chi connectivity index (χ0n) is 28.3. The van der Waals surface area contributed by atoms with Crippen LogP contribution in [-0.4, -0.2) is 66.5 Å². The Morgan fingerprint density at radius 3 is 2.09 bits per heavy atom. The lowest BCUT2D eigenvalue weighted by molar-refractivity contribution is -0.224. The molecular formula is C33H50F2O11S. The second-order valence-corrected chi connectivity index (χ2v) is 16.4. The van der Waals surface area contributed by atoms with E-state index in [0.717, 1.165) is 25.7 Å². The Morgan fingerprint density at radius 2 is 1.51 bits per heavy atom. The van der Waals surface area contributed by atoms with Crippen LogP contribution in [0.2, 0.25) is 0 Å². The number of fused-ring (bicyclic) bond motifs is 5. The van der Waals surface area contributed by atoms with Gasteiger partial charge in [-0.1, -0.05) is 20.8 Å². The van der Waals surface area contributed by atoms with Gasteiger partial charge >= 0.3 is 39.2 Å². The highest BCUT2D eigenvalue weighted by molar-refractivity contribution is 7.86. The fourth-order valence-electron chi connectivity index (χ4n) is 10.2. The predicted molar refractivity (Wildman–Crippen MR) is 163 cm³/mol. The van der Waals surface area contributed by atoms with Crippen LogP contribution in [0.15, 0.2) is 0 Å². The molecule has 11 nitrogen and oxygen atoms in total. The summed E-state index contributed by atoms with van der Waals surface area (Å²) in [5.74, 6) is -2.07. The smallest absolute Gasteiger partial charge is 0.405 e. The van der Waals surface area contributed by atoms with Crippen molar-refractivity contribution in [2.24, 2.45) is 46.3 Å².